The summed E-state index contributed by atoms with van der Waals surface area (Å²) in [4.78, 5) is 2.06. The van der Waals surface area contributed by atoms with Crippen molar-refractivity contribution in [1.29, 1.82) is 0 Å². The fourth-order valence-corrected chi connectivity index (χ4v) is 2.52. The average Bonchev–Trinajstić information content (AvgIpc) is 2.38. The number of rotatable bonds is 3. The second kappa shape index (κ2) is 5.67. The normalized spacial score (nSPS) is 18.7. The Hall–Kier alpha value is -1.13. The first kappa shape index (κ1) is 13.3. The van der Waals surface area contributed by atoms with E-state index in [1.807, 2.05) is 13.1 Å². The standard InChI is InChI=1S/C14H20FNO2/c1-10(17)14-12(15)4-3-5-13(14)16(2)11-6-8-18-9-7-11/h3-5,10-11,17H,6-9H2,1-2H3/t10-/m0/s1. The number of halogens is 1. The van der Waals surface area contributed by atoms with E-state index in [2.05, 4.69) is 4.90 Å². The molecule has 3 nitrogen and oxygen atoms in total. The summed E-state index contributed by atoms with van der Waals surface area (Å²) in [5.41, 5.74) is 1.16. The van der Waals surface area contributed by atoms with E-state index in [0.29, 0.717) is 11.6 Å². The quantitative estimate of drug-likeness (QED) is 0.898. The molecule has 0 bridgehead atoms. The van der Waals surface area contributed by atoms with E-state index in [0.717, 1.165) is 31.7 Å². The topological polar surface area (TPSA) is 32.7 Å². The van der Waals surface area contributed by atoms with Gasteiger partial charge in [0.25, 0.3) is 0 Å². The highest BCUT2D eigenvalue weighted by Crippen LogP contribution is 2.31. The number of hydrogen-bond donors (Lipinski definition) is 1. The summed E-state index contributed by atoms with van der Waals surface area (Å²) < 4.78 is 19.2. The fraction of sp³-hybridized carbons (Fsp3) is 0.571. The van der Waals surface area contributed by atoms with Gasteiger partial charge in [0.1, 0.15) is 5.82 Å². The molecule has 1 aromatic rings. The molecule has 1 fully saturated rings. The third-order valence-electron chi connectivity index (χ3n) is 3.57. The molecule has 1 aromatic carbocycles. The molecule has 0 aromatic heterocycles. The molecule has 0 unspecified atom stereocenters. The smallest absolute Gasteiger partial charge is 0.131 e. The van der Waals surface area contributed by atoms with Gasteiger partial charge in [0.2, 0.25) is 0 Å². The van der Waals surface area contributed by atoms with Crippen LogP contribution in [0.2, 0.25) is 0 Å². The summed E-state index contributed by atoms with van der Waals surface area (Å²) in [6, 6.07) is 5.29. The molecule has 1 N–H and O–H groups in total. The van der Waals surface area contributed by atoms with E-state index < -0.39 is 6.10 Å². The Labute approximate surface area is 107 Å². The van der Waals surface area contributed by atoms with Gasteiger partial charge in [-0.25, -0.2) is 4.39 Å². The van der Waals surface area contributed by atoms with Crippen LogP contribution in [0.3, 0.4) is 0 Å². The van der Waals surface area contributed by atoms with Crippen molar-refractivity contribution in [3.8, 4) is 0 Å². The predicted molar refractivity (Wildman–Crippen MR) is 69.3 cm³/mol. The predicted octanol–water partition coefficient (Wildman–Crippen LogP) is 2.49. The van der Waals surface area contributed by atoms with Gasteiger partial charge in [-0.2, -0.15) is 0 Å². The van der Waals surface area contributed by atoms with Crippen molar-refractivity contribution >= 4 is 5.69 Å². The van der Waals surface area contributed by atoms with Crippen molar-refractivity contribution in [2.45, 2.75) is 31.9 Å². The Balaban J connectivity index is 2.28. The fourth-order valence-electron chi connectivity index (χ4n) is 2.52. The Bertz CT molecular complexity index is 403. The summed E-state index contributed by atoms with van der Waals surface area (Å²) in [5, 5.41) is 9.74. The van der Waals surface area contributed by atoms with Gasteiger partial charge < -0.3 is 14.7 Å². The summed E-state index contributed by atoms with van der Waals surface area (Å²) >= 11 is 0. The zero-order valence-electron chi connectivity index (χ0n) is 10.9. The molecule has 1 atom stereocenters. The van der Waals surface area contributed by atoms with Crippen LogP contribution in [0.15, 0.2) is 18.2 Å². The number of ether oxygens (including phenoxy) is 1. The van der Waals surface area contributed by atoms with Gasteiger partial charge in [0.15, 0.2) is 0 Å². The zero-order valence-corrected chi connectivity index (χ0v) is 10.9. The molecule has 4 heteroatoms. The van der Waals surface area contributed by atoms with E-state index in [1.165, 1.54) is 6.07 Å². The van der Waals surface area contributed by atoms with Gasteiger partial charge in [-0.1, -0.05) is 6.07 Å². The molecule has 100 valence electrons. The molecular weight excluding hydrogens is 233 g/mol. The molecule has 2 rings (SSSR count). The maximum atomic E-state index is 13.8. The van der Waals surface area contributed by atoms with E-state index in [4.69, 9.17) is 4.74 Å². The van der Waals surface area contributed by atoms with Crippen molar-refractivity contribution in [3.63, 3.8) is 0 Å². The van der Waals surface area contributed by atoms with Crippen molar-refractivity contribution in [2.24, 2.45) is 0 Å². The highest BCUT2D eigenvalue weighted by atomic mass is 19.1. The molecule has 0 aliphatic carbocycles. The summed E-state index contributed by atoms with van der Waals surface area (Å²) in [6.07, 6.45) is 1.07. The third-order valence-corrected chi connectivity index (χ3v) is 3.57. The van der Waals surface area contributed by atoms with Crippen LogP contribution in [0.5, 0.6) is 0 Å². The number of anilines is 1. The summed E-state index contributed by atoms with van der Waals surface area (Å²) in [6.45, 7) is 3.09. The van der Waals surface area contributed by atoms with E-state index >= 15 is 0 Å². The Kier molecular flexibility index (Phi) is 4.19. The van der Waals surface area contributed by atoms with Crippen LogP contribution >= 0.6 is 0 Å². The lowest BCUT2D eigenvalue weighted by atomic mass is 10.0. The molecule has 1 heterocycles. The minimum Gasteiger partial charge on any atom is -0.389 e. The molecule has 18 heavy (non-hydrogen) atoms. The van der Waals surface area contributed by atoms with Gasteiger partial charge in [-0.3, -0.25) is 0 Å². The first-order chi connectivity index (χ1) is 8.61. The Morgan fingerprint density at radius 1 is 1.39 bits per heavy atom. The van der Waals surface area contributed by atoms with Gasteiger partial charge >= 0.3 is 0 Å². The third kappa shape index (κ3) is 2.65. The number of aliphatic hydroxyl groups is 1. The van der Waals surface area contributed by atoms with Crippen LogP contribution in [0.25, 0.3) is 0 Å². The largest absolute Gasteiger partial charge is 0.389 e. The highest BCUT2D eigenvalue weighted by Gasteiger charge is 2.23. The molecule has 1 saturated heterocycles. The zero-order chi connectivity index (χ0) is 13.1. The molecule has 1 aliphatic heterocycles. The van der Waals surface area contributed by atoms with Crippen molar-refractivity contribution in [3.05, 3.63) is 29.6 Å². The van der Waals surface area contributed by atoms with E-state index in [9.17, 15) is 9.50 Å². The van der Waals surface area contributed by atoms with Crippen LogP contribution in [0.4, 0.5) is 10.1 Å². The number of aliphatic hydroxyl groups excluding tert-OH is 1. The van der Waals surface area contributed by atoms with Crippen molar-refractivity contribution in [1.82, 2.24) is 0 Å². The summed E-state index contributed by atoms with van der Waals surface area (Å²) in [5.74, 6) is -0.346. The van der Waals surface area contributed by atoms with Crippen LogP contribution in [-0.4, -0.2) is 31.4 Å². The maximum absolute atomic E-state index is 13.8. The first-order valence-corrected chi connectivity index (χ1v) is 6.38. The molecule has 1 aliphatic rings. The minimum atomic E-state index is -0.802. The Morgan fingerprint density at radius 3 is 2.67 bits per heavy atom. The molecule has 0 radical (unpaired) electrons. The van der Waals surface area contributed by atoms with Crippen LogP contribution in [0.1, 0.15) is 31.4 Å². The summed E-state index contributed by atoms with van der Waals surface area (Å²) in [7, 11) is 1.96. The second-order valence-corrected chi connectivity index (χ2v) is 4.80. The van der Waals surface area contributed by atoms with Crippen LogP contribution < -0.4 is 4.90 Å². The molecular formula is C14H20FNO2. The monoisotopic (exact) mass is 253 g/mol. The lowest BCUT2D eigenvalue weighted by Crippen LogP contribution is -2.37. The lowest BCUT2D eigenvalue weighted by Gasteiger charge is -2.34. The lowest BCUT2D eigenvalue weighted by molar-refractivity contribution is 0.0853. The number of nitrogens with zero attached hydrogens (tertiary/aromatic N) is 1. The van der Waals surface area contributed by atoms with Crippen molar-refractivity contribution in [2.75, 3.05) is 25.2 Å². The molecule has 0 spiro atoms. The number of benzene rings is 1. The van der Waals surface area contributed by atoms with Crippen LogP contribution in [-0.2, 0) is 4.74 Å². The van der Waals surface area contributed by atoms with E-state index in [-0.39, 0.29) is 5.82 Å². The molecule has 0 saturated carbocycles. The van der Waals surface area contributed by atoms with Gasteiger partial charge in [-0.15, -0.1) is 0 Å². The first-order valence-electron chi connectivity index (χ1n) is 6.38. The number of hydrogen-bond acceptors (Lipinski definition) is 3. The minimum absolute atomic E-state index is 0.345. The highest BCUT2D eigenvalue weighted by molar-refractivity contribution is 5.55. The van der Waals surface area contributed by atoms with Gasteiger partial charge in [0, 0.05) is 37.6 Å². The van der Waals surface area contributed by atoms with Gasteiger partial charge in [0.05, 0.1) is 6.10 Å². The van der Waals surface area contributed by atoms with E-state index in [1.54, 1.807) is 13.0 Å². The Morgan fingerprint density at radius 2 is 2.06 bits per heavy atom. The van der Waals surface area contributed by atoms with Crippen molar-refractivity contribution < 1.29 is 14.2 Å². The average molecular weight is 253 g/mol. The van der Waals surface area contributed by atoms with Gasteiger partial charge in [-0.05, 0) is 31.9 Å². The SMILES string of the molecule is C[C@H](O)c1c(F)cccc1N(C)C1CCOCC1. The molecule has 0 amide bonds. The second-order valence-electron chi connectivity index (χ2n) is 4.80. The van der Waals surface area contributed by atoms with Crippen LogP contribution in [0, 0.1) is 5.82 Å². The maximum Gasteiger partial charge on any atom is 0.131 e.